The van der Waals surface area contributed by atoms with Gasteiger partial charge in [-0.3, -0.25) is 0 Å². The summed E-state index contributed by atoms with van der Waals surface area (Å²) in [6, 6.07) is 9.26. The first-order chi connectivity index (χ1) is 9.95. The SMILES string of the molecule is CC(C)NCc1ccc(N(C)Cc2cc(Br)cs2)c(Br)c1. The summed E-state index contributed by atoms with van der Waals surface area (Å²) in [5, 5.41) is 5.57. The molecule has 0 unspecified atom stereocenters. The van der Waals surface area contributed by atoms with Crippen molar-refractivity contribution in [1.82, 2.24) is 5.32 Å². The molecular weight excluding hydrogens is 412 g/mol. The smallest absolute Gasteiger partial charge is 0.0520 e. The van der Waals surface area contributed by atoms with Gasteiger partial charge < -0.3 is 10.2 Å². The minimum atomic E-state index is 0.503. The maximum Gasteiger partial charge on any atom is 0.0520 e. The summed E-state index contributed by atoms with van der Waals surface area (Å²) >= 11 is 8.98. The number of anilines is 1. The molecule has 2 nitrogen and oxygen atoms in total. The zero-order chi connectivity index (χ0) is 15.4. The van der Waals surface area contributed by atoms with Gasteiger partial charge in [0.1, 0.15) is 0 Å². The topological polar surface area (TPSA) is 15.3 Å². The van der Waals surface area contributed by atoms with Crippen molar-refractivity contribution in [2.75, 3.05) is 11.9 Å². The molecule has 0 aliphatic heterocycles. The van der Waals surface area contributed by atoms with Gasteiger partial charge in [0, 0.05) is 38.8 Å². The number of benzene rings is 1. The molecule has 5 heteroatoms. The molecule has 0 atom stereocenters. The van der Waals surface area contributed by atoms with Gasteiger partial charge in [0.05, 0.1) is 12.2 Å². The predicted octanol–water partition coefficient (Wildman–Crippen LogP) is 5.41. The van der Waals surface area contributed by atoms with Crippen LogP contribution >= 0.6 is 43.2 Å². The minimum absolute atomic E-state index is 0.503. The summed E-state index contributed by atoms with van der Waals surface area (Å²) in [4.78, 5) is 3.61. The molecule has 2 rings (SSSR count). The molecule has 114 valence electrons. The van der Waals surface area contributed by atoms with E-state index in [1.165, 1.54) is 16.1 Å². The van der Waals surface area contributed by atoms with Crippen LogP contribution in [0.25, 0.3) is 0 Å². The third-order valence-corrected chi connectivity index (χ3v) is 5.47. The van der Waals surface area contributed by atoms with E-state index in [1.54, 1.807) is 11.3 Å². The van der Waals surface area contributed by atoms with Gasteiger partial charge in [-0.15, -0.1) is 11.3 Å². The van der Waals surface area contributed by atoms with Crippen LogP contribution in [0.2, 0.25) is 0 Å². The normalized spacial score (nSPS) is 11.1. The second-order valence-corrected chi connectivity index (χ2v) is 8.17. The van der Waals surface area contributed by atoms with Crippen molar-refractivity contribution in [3.8, 4) is 0 Å². The van der Waals surface area contributed by atoms with Gasteiger partial charge >= 0.3 is 0 Å². The molecule has 0 aliphatic rings. The lowest BCUT2D eigenvalue weighted by Gasteiger charge is -2.21. The zero-order valence-electron chi connectivity index (χ0n) is 12.5. The Morgan fingerprint density at radius 1 is 1.24 bits per heavy atom. The minimum Gasteiger partial charge on any atom is -0.369 e. The quantitative estimate of drug-likeness (QED) is 0.657. The van der Waals surface area contributed by atoms with E-state index in [4.69, 9.17) is 0 Å². The van der Waals surface area contributed by atoms with Gasteiger partial charge in [-0.05, 0) is 55.6 Å². The van der Waals surface area contributed by atoms with Crippen LogP contribution in [0, 0.1) is 0 Å². The Hall–Kier alpha value is -0.360. The molecule has 1 N–H and O–H groups in total. The van der Waals surface area contributed by atoms with Crippen molar-refractivity contribution < 1.29 is 0 Å². The first-order valence-electron chi connectivity index (χ1n) is 6.91. The van der Waals surface area contributed by atoms with Gasteiger partial charge in [0.15, 0.2) is 0 Å². The molecule has 0 saturated heterocycles. The van der Waals surface area contributed by atoms with Gasteiger partial charge in [0.2, 0.25) is 0 Å². The maximum atomic E-state index is 3.70. The molecule has 0 saturated carbocycles. The molecule has 0 fully saturated rings. The van der Waals surface area contributed by atoms with Gasteiger partial charge in [0.25, 0.3) is 0 Å². The van der Waals surface area contributed by atoms with Crippen molar-refractivity contribution in [1.29, 1.82) is 0 Å². The fourth-order valence-corrected chi connectivity index (χ4v) is 4.28. The first kappa shape index (κ1) is 17.0. The number of hydrogen-bond donors (Lipinski definition) is 1. The van der Waals surface area contributed by atoms with E-state index < -0.39 is 0 Å². The zero-order valence-corrected chi connectivity index (χ0v) is 16.5. The summed E-state index contributed by atoms with van der Waals surface area (Å²) in [5.74, 6) is 0. The van der Waals surface area contributed by atoms with Gasteiger partial charge in [-0.2, -0.15) is 0 Å². The van der Waals surface area contributed by atoms with Crippen molar-refractivity contribution in [2.45, 2.75) is 33.0 Å². The van der Waals surface area contributed by atoms with E-state index >= 15 is 0 Å². The first-order valence-corrected chi connectivity index (χ1v) is 9.38. The lowest BCUT2D eigenvalue weighted by molar-refractivity contribution is 0.589. The Kier molecular flexibility index (Phi) is 6.29. The lowest BCUT2D eigenvalue weighted by Crippen LogP contribution is -2.22. The van der Waals surface area contributed by atoms with E-state index in [1.807, 2.05) is 0 Å². The van der Waals surface area contributed by atoms with E-state index in [0.717, 1.165) is 22.0 Å². The number of thiophene rings is 1. The van der Waals surface area contributed by atoms with Crippen LogP contribution in [0.15, 0.2) is 38.6 Å². The largest absolute Gasteiger partial charge is 0.369 e. The molecular formula is C16H20Br2N2S. The molecule has 21 heavy (non-hydrogen) atoms. The van der Waals surface area contributed by atoms with E-state index in [0.29, 0.717) is 6.04 Å². The van der Waals surface area contributed by atoms with Crippen molar-refractivity contribution >= 4 is 48.9 Å². The van der Waals surface area contributed by atoms with Crippen LogP contribution in [0.3, 0.4) is 0 Å². The van der Waals surface area contributed by atoms with Crippen LogP contribution in [0.1, 0.15) is 24.3 Å². The van der Waals surface area contributed by atoms with Crippen LogP contribution in [-0.4, -0.2) is 13.1 Å². The Morgan fingerprint density at radius 3 is 2.57 bits per heavy atom. The number of nitrogens with one attached hydrogen (secondary N) is 1. The summed E-state index contributed by atoms with van der Waals surface area (Å²) in [6.45, 7) is 6.14. The molecule has 0 aliphatic carbocycles. The standard InChI is InChI=1S/C16H20Br2N2S/c1-11(2)19-8-12-4-5-16(15(18)6-12)20(3)9-14-7-13(17)10-21-14/h4-7,10-11,19H,8-9H2,1-3H3. The molecule has 0 bridgehead atoms. The summed E-state index contributed by atoms with van der Waals surface area (Å²) in [6.07, 6.45) is 0. The second-order valence-electron chi connectivity index (χ2n) is 5.41. The Morgan fingerprint density at radius 2 is 2.00 bits per heavy atom. The van der Waals surface area contributed by atoms with Crippen LogP contribution in [0.5, 0.6) is 0 Å². The molecule has 1 aromatic heterocycles. The highest BCUT2D eigenvalue weighted by Gasteiger charge is 2.09. The third-order valence-electron chi connectivity index (χ3n) is 3.15. The predicted molar refractivity (Wildman–Crippen MR) is 100 cm³/mol. The van der Waals surface area contributed by atoms with Crippen molar-refractivity contribution in [2.24, 2.45) is 0 Å². The lowest BCUT2D eigenvalue weighted by atomic mass is 10.2. The van der Waals surface area contributed by atoms with Gasteiger partial charge in [-0.25, -0.2) is 0 Å². The van der Waals surface area contributed by atoms with E-state index in [2.05, 4.69) is 92.6 Å². The van der Waals surface area contributed by atoms with E-state index in [-0.39, 0.29) is 0 Å². The second kappa shape index (κ2) is 7.77. The third kappa shape index (κ3) is 5.09. The number of nitrogens with zero attached hydrogens (tertiary/aromatic N) is 1. The summed E-state index contributed by atoms with van der Waals surface area (Å²) in [5.41, 5.74) is 2.51. The number of rotatable bonds is 6. The average molecular weight is 432 g/mol. The van der Waals surface area contributed by atoms with Crippen LogP contribution in [0.4, 0.5) is 5.69 Å². The highest BCUT2D eigenvalue weighted by atomic mass is 79.9. The molecule has 0 spiro atoms. The van der Waals surface area contributed by atoms with Crippen molar-refractivity contribution in [3.05, 3.63) is 49.0 Å². The van der Waals surface area contributed by atoms with E-state index in [9.17, 15) is 0 Å². The average Bonchev–Trinajstić information content (AvgIpc) is 2.81. The van der Waals surface area contributed by atoms with Crippen LogP contribution < -0.4 is 10.2 Å². The fourth-order valence-electron chi connectivity index (χ4n) is 2.05. The molecule has 0 amide bonds. The summed E-state index contributed by atoms with van der Waals surface area (Å²) < 4.78 is 2.30. The van der Waals surface area contributed by atoms with Crippen LogP contribution in [-0.2, 0) is 13.1 Å². The Labute approximate surface area is 147 Å². The molecule has 1 heterocycles. The Balaban J connectivity index is 2.05. The fraction of sp³-hybridized carbons (Fsp3) is 0.375. The van der Waals surface area contributed by atoms with Crippen molar-refractivity contribution in [3.63, 3.8) is 0 Å². The number of hydrogen-bond acceptors (Lipinski definition) is 3. The molecule has 2 aromatic rings. The summed E-state index contributed by atoms with van der Waals surface area (Å²) in [7, 11) is 2.12. The maximum absolute atomic E-state index is 3.70. The highest BCUT2D eigenvalue weighted by Crippen LogP contribution is 2.29. The monoisotopic (exact) mass is 430 g/mol. The van der Waals surface area contributed by atoms with Gasteiger partial charge in [-0.1, -0.05) is 19.9 Å². The number of halogens is 2. The Bertz CT molecular complexity index is 596. The molecule has 0 radical (unpaired) electrons. The molecule has 1 aromatic carbocycles. The highest BCUT2D eigenvalue weighted by molar-refractivity contribution is 9.10.